The number of alkyl halides is 3. The molecule has 5 heterocycles. The predicted octanol–water partition coefficient (Wildman–Crippen LogP) is 7.83. The number of amides is 2. The molecule has 4 aliphatic heterocycles. The Morgan fingerprint density at radius 3 is 2.36 bits per heavy atom. The number of phenolic OH excluding ortho intramolecular Hbond substituents is 1. The Balaban J connectivity index is 1.15. The SMILES string of the molecule is O=C(c1cc(-c2cc3c(cc2C(=O)N2Cc4ccccc4C[C@H]2CN2CCOCC2)OCO3)n2c1CCCC2)N(Cc1c(F)cccc1C(F)(F)F)c1ccc(O)cc1. The second-order valence-corrected chi connectivity index (χ2v) is 15.4. The van der Waals surface area contributed by atoms with Crippen molar-refractivity contribution in [2.24, 2.45) is 0 Å². The van der Waals surface area contributed by atoms with Crippen molar-refractivity contribution in [2.45, 2.75) is 57.5 Å². The Labute approximate surface area is 338 Å². The molecule has 9 rings (SSSR count). The molecule has 0 spiro atoms. The second kappa shape index (κ2) is 15.7. The van der Waals surface area contributed by atoms with E-state index in [4.69, 9.17) is 14.2 Å². The lowest BCUT2D eigenvalue weighted by Crippen LogP contribution is -2.52. The van der Waals surface area contributed by atoms with Crippen molar-refractivity contribution in [3.8, 4) is 28.5 Å². The van der Waals surface area contributed by atoms with Crippen LogP contribution in [0.3, 0.4) is 0 Å². The highest BCUT2D eigenvalue weighted by Crippen LogP contribution is 2.43. The fourth-order valence-electron chi connectivity index (χ4n) is 8.84. The van der Waals surface area contributed by atoms with Crippen LogP contribution in [0.2, 0.25) is 0 Å². The third-order valence-electron chi connectivity index (χ3n) is 11.8. The van der Waals surface area contributed by atoms with Gasteiger partial charge in [-0.3, -0.25) is 14.5 Å². The number of anilines is 1. The number of halogens is 4. The maximum atomic E-state index is 15.4. The van der Waals surface area contributed by atoms with Crippen LogP contribution in [-0.2, 0) is 43.4 Å². The minimum absolute atomic E-state index is 0.0310. The van der Waals surface area contributed by atoms with Crippen LogP contribution in [0.25, 0.3) is 11.3 Å². The minimum Gasteiger partial charge on any atom is -0.508 e. The molecule has 4 aromatic carbocycles. The van der Waals surface area contributed by atoms with E-state index in [-0.39, 0.29) is 35.7 Å². The third kappa shape index (κ3) is 7.51. The molecule has 1 fully saturated rings. The minimum atomic E-state index is -4.89. The van der Waals surface area contributed by atoms with Crippen LogP contribution in [-0.4, -0.2) is 77.0 Å². The van der Waals surface area contributed by atoms with E-state index in [1.165, 1.54) is 29.8 Å². The van der Waals surface area contributed by atoms with E-state index in [2.05, 4.69) is 11.0 Å². The Morgan fingerprint density at radius 2 is 1.59 bits per heavy atom. The van der Waals surface area contributed by atoms with Gasteiger partial charge in [-0.1, -0.05) is 30.3 Å². The number of fused-ring (bicyclic) bond motifs is 3. The van der Waals surface area contributed by atoms with E-state index in [1.807, 2.05) is 27.7 Å². The molecule has 2 amide bonds. The number of carbonyl (C=O) groups excluding carboxylic acids is 2. The molecule has 59 heavy (non-hydrogen) atoms. The summed E-state index contributed by atoms with van der Waals surface area (Å²) in [4.78, 5) is 35.5. The standard InChI is InChI=1S/C45H42F4N4O6/c46-38-9-5-8-37(45(47,48)49)36(38)26-53(30-11-13-32(54)14-12-30)44(56)35-21-40(51-15-4-3-10-39(35)51)33-22-41-42(59-27-58-41)23-34(33)43(55)52-24-29-7-2-1-6-28(29)20-31(52)25-50-16-18-57-19-17-50/h1-2,5-9,11-14,21-23,31,54H,3-4,10,15-20,24-27H2/t31-/m0/s1. The van der Waals surface area contributed by atoms with Gasteiger partial charge in [0.05, 0.1) is 36.4 Å². The van der Waals surface area contributed by atoms with Crippen molar-refractivity contribution < 1.29 is 46.5 Å². The topological polar surface area (TPSA) is 96.7 Å². The molecule has 0 aliphatic carbocycles. The number of morpholine rings is 1. The maximum Gasteiger partial charge on any atom is 0.416 e. The van der Waals surface area contributed by atoms with E-state index in [1.54, 1.807) is 18.2 Å². The number of aromatic hydroxyl groups is 1. The first-order chi connectivity index (χ1) is 28.5. The Hall–Kier alpha value is -5.86. The first-order valence-corrected chi connectivity index (χ1v) is 19.8. The molecule has 5 aromatic rings. The molecule has 0 bridgehead atoms. The third-order valence-corrected chi connectivity index (χ3v) is 11.8. The van der Waals surface area contributed by atoms with Crippen LogP contribution >= 0.6 is 0 Å². The number of aromatic nitrogens is 1. The maximum absolute atomic E-state index is 15.4. The van der Waals surface area contributed by atoms with E-state index < -0.39 is 35.6 Å². The molecule has 306 valence electrons. The molecular weight excluding hydrogens is 769 g/mol. The summed E-state index contributed by atoms with van der Waals surface area (Å²) >= 11 is 0. The van der Waals surface area contributed by atoms with Gasteiger partial charge in [0.15, 0.2) is 11.5 Å². The summed E-state index contributed by atoms with van der Waals surface area (Å²) in [5.41, 5.74) is 2.86. The van der Waals surface area contributed by atoms with Gasteiger partial charge in [-0.05, 0) is 91.4 Å². The number of benzene rings is 4. The fourth-order valence-corrected chi connectivity index (χ4v) is 8.84. The van der Waals surface area contributed by atoms with E-state index in [9.17, 15) is 23.1 Å². The summed E-state index contributed by atoms with van der Waals surface area (Å²) in [5.74, 6) is -1.23. The average molecular weight is 811 g/mol. The zero-order valence-electron chi connectivity index (χ0n) is 32.1. The molecule has 1 saturated heterocycles. The number of hydrogen-bond acceptors (Lipinski definition) is 7. The number of nitrogens with zero attached hydrogens (tertiary/aromatic N) is 4. The number of carbonyl (C=O) groups is 2. The van der Waals surface area contributed by atoms with Crippen LogP contribution in [0.4, 0.5) is 23.2 Å². The summed E-state index contributed by atoms with van der Waals surface area (Å²) in [6, 6.07) is 21.3. The number of ether oxygens (including phenoxy) is 3. The van der Waals surface area contributed by atoms with Crippen molar-refractivity contribution >= 4 is 17.5 Å². The smallest absolute Gasteiger partial charge is 0.416 e. The van der Waals surface area contributed by atoms with Crippen molar-refractivity contribution in [1.82, 2.24) is 14.4 Å². The number of hydrogen-bond donors (Lipinski definition) is 1. The molecule has 14 heteroatoms. The lowest BCUT2D eigenvalue weighted by Gasteiger charge is -2.40. The summed E-state index contributed by atoms with van der Waals surface area (Å²) in [6.45, 7) is 3.57. The molecule has 0 radical (unpaired) electrons. The lowest BCUT2D eigenvalue weighted by atomic mass is 9.92. The Kier molecular flexibility index (Phi) is 10.3. The van der Waals surface area contributed by atoms with Gasteiger partial charge in [-0.2, -0.15) is 13.2 Å². The molecular formula is C45H42F4N4O6. The average Bonchev–Trinajstić information content (AvgIpc) is 3.87. The highest BCUT2D eigenvalue weighted by Gasteiger charge is 2.38. The molecule has 1 aromatic heterocycles. The summed E-state index contributed by atoms with van der Waals surface area (Å²) < 4.78 is 77.4. The molecule has 4 aliphatic rings. The van der Waals surface area contributed by atoms with E-state index in [0.29, 0.717) is 79.7 Å². The number of phenols is 1. The van der Waals surface area contributed by atoms with Gasteiger partial charge < -0.3 is 33.7 Å². The largest absolute Gasteiger partial charge is 0.508 e. The van der Waals surface area contributed by atoms with E-state index in [0.717, 1.165) is 54.6 Å². The van der Waals surface area contributed by atoms with Gasteiger partial charge in [-0.15, -0.1) is 0 Å². The van der Waals surface area contributed by atoms with Crippen LogP contribution in [0.15, 0.2) is 84.9 Å². The van der Waals surface area contributed by atoms with Crippen molar-refractivity contribution in [3.05, 3.63) is 130 Å². The first kappa shape index (κ1) is 38.6. The van der Waals surface area contributed by atoms with Gasteiger partial charge in [-0.25, -0.2) is 4.39 Å². The van der Waals surface area contributed by atoms with Crippen LogP contribution in [0, 0.1) is 5.82 Å². The van der Waals surface area contributed by atoms with Gasteiger partial charge in [0.1, 0.15) is 11.6 Å². The normalized spacial score (nSPS) is 17.7. The molecule has 1 atom stereocenters. The summed E-state index contributed by atoms with van der Waals surface area (Å²) in [6.07, 6.45) is -2.20. The fraction of sp³-hybridized carbons (Fsp3) is 0.333. The van der Waals surface area contributed by atoms with Gasteiger partial charge in [0.25, 0.3) is 11.8 Å². The zero-order valence-corrected chi connectivity index (χ0v) is 32.1. The Bertz CT molecular complexity index is 2410. The van der Waals surface area contributed by atoms with Gasteiger partial charge in [0, 0.05) is 67.0 Å². The van der Waals surface area contributed by atoms with Crippen molar-refractivity contribution in [3.63, 3.8) is 0 Å². The monoisotopic (exact) mass is 810 g/mol. The van der Waals surface area contributed by atoms with Gasteiger partial charge >= 0.3 is 6.18 Å². The first-order valence-electron chi connectivity index (χ1n) is 19.8. The predicted molar refractivity (Wildman–Crippen MR) is 210 cm³/mol. The zero-order chi connectivity index (χ0) is 40.8. The summed E-state index contributed by atoms with van der Waals surface area (Å²) in [5, 5.41) is 10.1. The Morgan fingerprint density at radius 1 is 0.847 bits per heavy atom. The van der Waals surface area contributed by atoms with Crippen LogP contribution in [0.5, 0.6) is 17.2 Å². The lowest BCUT2D eigenvalue weighted by molar-refractivity contribution is -0.138. The molecule has 0 saturated carbocycles. The highest BCUT2D eigenvalue weighted by atomic mass is 19.4. The highest BCUT2D eigenvalue weighted by molar-refractivity contribution is 6.09. The summed E-state index contributed by atoms with van der Waals surface area (Å²) in [7, 11) is 0. The van der Waals surface area contributed by atoms with E-state index >= 15 is 9.18 Å². The van der Waals surface area contributed by atoms with Gasteiger partial charge in [0.2, 0.25) is 6.79 Å². The second-order valence-electron chi connectivity index (χ2n) is 15.4. The van der Waals surface area contributed by atoms with Crippen LogP contribution in [0.1, 0.15) is 61.5 Å². The molecule has 0 unspecified atom stereocenters. The number of rotatable bonds is 8. The molecule has 10 nitrogen and oxygen atoms in total. The van der Waals surface area contributed by atoms with Crippen molar-refractivity contribution in [2.75, 3.05) is 44.5 Å². The van der Waals surface area contributed by atoms with Crippen LogP contribution < -0.4 is 14.4 Å². The van der Waals surface area contributed by atoms with Crippen molar-refractivity contribution in [1.29, 1.82) is 0 Å². The molecule has 1 N–H and O–H groups in total. The quantitative estimate of drug-likeness (QED) is 0.160.